The van der Waals surface area contributed by atoms with E-state index in [4.69, 9.17) is 0 Å². The third-order valence-electron chi connectivity index (χ3n) is 3.91. The predicted octanol–water partition coefficient (Wildman–Crippen LogP) is 4.08. The Balaban J connectivity index is 2.07. The van der Waals surface area contributed by atoms with E-state index in [0.29, 0.717) is 0 Å². The first-order valence-corrected chi connectivity index (χ1v) is 7.45. The maximum absolute atomic E-state index is 10.9. The molecule has 7 nitrogen and oxygen atoms in total. The molecule has 1 heterocycles. The minimum Gasteiger partial charge on any atom is -0.265 e. The molecule has 124 valence electrons. The number of non-ortho nitro benzene ring substituents is 2. The van der Waals surface area contributed by atoms with Gasteiger partial charge in [-0.3, -0.25) is 25.2 Å². The van der Waals surface area contributed by atoms with Crippen molar-refractivity contribution in [3.63, 3.8) is 0 Å². The van der Waals surface area contributed by atoms with Gasteiger partial charge in [-0.15, -0.1) is 0 Å². The molecule has 0 atom stereocenters. The monoisotopic (exact) mass is 335 g/mol. The quantitative estimate of drug-likeness (QED) is 0.517. The molecule has 7 heteroatoms. The zero-order chi connectivity index (χ0) is 17.8. The summed E-state index contributed by atoms with van der Waals surface area (Å²) in [6, 6.07) is 16.3. The number of rotatable bonds is 5. The summed E-state index contributed by atoms with van der Waals surface area (Å²) >= 11 is 0. The van der Waals surface area contributed by atoms with Crippen LogP contribution < -0.4 is 0 Å². The Morgan fingerprint density at radius 3 is 1.36 bits per heavy atom. The Bertz CT molecular complexity index is 836. The minimum atomic E-state index is -0.447. The highest BCUT2D eigenvalue weighted by Gasteiger charge is 2.19. The number of nitro groups is 2. The van der Waals surface area contributed by atoms with Crippen molar-refractivity contribution in [2.45, 2.75) is 5.92 Å². The number of hydrogen-bond donors (Lipinski definition) is 0. The third-order valence-corrected chi connectivity index (χ3v) is 3.91. The molecule has 0 fully saturated rings. The van der Waals surface area contributed by atoms with Crippen molar-refractivity contribution in [3.05, 3.63) is 110 Å². The van der Waals surface area contributed by atoms with Crippen LogP contribution in [0.4, 0.5) is 11.4 Å². The van der Waals surface area contributed by atoms with Crippen molar-refractivity contribution >= 4 is 11.4 Å². The fourth-order valence-electron chi connectivity index (χ4n) is 2.71. The van der Waals surface area contributed by atoms with Crippen molar-refractivity contribution in [1.29, 1.82) is 0 Å². The lowest BCUT2D eigenvalue weighted by atomic mass is 9.85. The summed E-state index contributed by atoms with van der Waals surface area (Å²) in [4.78, 5) is 24.8. The van der Waals surface area contributed by atoms with Gasteiger partial charge in [0.2, 0.25) is 0 Å². The van der Waals surface area contributed by atoms with Gasteiger partial charge in [0.1, 0.15) is 0 Å². The molecule has 3 rings (SSSR count). The van der Waals surface area contributed by atoms with Crippen LogP contribution in [0.5, 0.6) is 0 Å². The lowest BCUT2D eigenvalue weighted by Gasteiger charge is -2.18. The van der Waals surface area contributed by atoms with Crippen molar-refractivity contribution in [2.75, 3.05) is 0 Å². The second-order valence-electron chi connectivity index (χ2n) is 5.41. The second kappa shape index (κ2) is 6.88. The van der Waals surface area contributed by atoms with Gasteiger partial charge in [-0.05, 0) is 28.8 Å². The van der Waals surface area contributed by atoms with Gasteiger partial charge in [0.25, 0.3) is 11.4 Å². The van der Waals surface area contributed by atoms with Gasteiger partial charge in [-0.1, -0.05) is 24.3 Å². The van der Waals surface area contributed by atoms with E-state index in [2.05, 4.69) is 4.98 Å². The zero-order valence-corrected chi connectivity index (χ0v) is 13.0. The molecule has 0 aliphatic rings. The highest BCUT2D eigenvalue weighted by Crippen LogP contribution is 2.33. The second-order valence-corrected chi connectivity index (χ2v) is 5.41. The van der Waals surface area contributed by atoms with Crippen LogP contribution in [0.2, 0.25) is 0 Å². The number of aromatic nitrogens is 1. The lowest BCUT2D eigenvalue weighted by molar-refractivity contribution is -0.385. The van der Waals surface area contributed by atoms with Crippen molar-refractivity contribution in [3.8, 4) is 0 Å². The number of nitrogens with zero attached hydrogens (tertiary/aromatic N) is 3. The van der Waals surface area contributed by atoms with Gasteiger partial charge in [-0.2, -0.15) is 0 Å². The smallest absolute Gasteiger partial charge is 0.265 e. The summed E-state index contributed by atoms with van der Waals surface area (Å²) in [6.07, 6.45) is 3.33. The maximum Gasteiger partial charge on any atom is 0.269 e. The summed E-state index contributed by atoms with van der Waals surface area (Å²) in [7, 11) is 0. The third kappa shape index (κ3) is 3.50. The van der Waals surface area contributed by atoms with Crippen molar-refractivity contribution < 1.29 is 9.85 Å². The van der Waals surface area contributed by atoms with Crippen LogP contribution in [-0.4, -0.2) is 14.8 Å². The Hall–Kier alpha value is -3.61. The van der Waals surface area contributed by atoms with Gasteiger partial charge in [0, 0.05) is 42.6 Å². The van der Waals surface area contributed by atoms with Crippen LogP contribution in [-0.2, 0) is 0 Å². The van der Waals surface area contributed by atoms with Crippen LogP contribution in [0.25, 0.3) is 0 Å². The SMILES string of the molecule is O=[N+]([O-])c1ccc(C(c2ccncc2)c2ccc([N+](=O)[O-])cc2)cc1. The summed E-state index contributed by atoms with van der Waals surface area (Å²) < 4.78 is 0. The summed E-state index contributed by atoms with van der Waals surface area (Å²) in [5.41, 5.74) is 2.68. The largest absolute Gasteiger partial charge is 0.269 e. The van der Waals surface area contributed by atoms with Gasteiger partial charge < -0.3 is 0 Å². The molecule has 0 unspecified atom stereocenters. The number of benzene rings is 2. The fraction of sp³-hybridized carbons (Fsp3) is 0.0556. The van der Waals surface area contributed by atoms with Gasteiger partial charge in [0.15, 0.2) is 0 Å². The van der Waals surface area contributed by atoms with Crippen molar-refractivity contribution in [2.24, 2.45) is 0 Å². The Kier molecular flexibility index (Phi) is 4.47. The average Bonchev–Trinajstić information content (AvgIpc) is 2.64. The summed E-state index contributed by atoms with van der Waals surface area (Å²) in [6.45, 7) is 0. The number of pyridine rings is 1. The van der Waals surface area contributed by atoms with Crippen LogP contribution in [0.3, 0.4) is 0 Å². The molecule has 1 aromatic heterocycles. The normalized spacial score (nSPS) is 10.6. The number of hydrogen-bond acceptors (Lipinski definition) is 5. The summed E-state index contributed by atoms with van der Waals surface area (Å²) in [5.74, 6) is -0.204. The number of nitro benzene ring substituents is 2. The van der Waals surface area contributed by atoms with Crippen LogP contribution in [0.1, 0.15) is 22.6 Å². The molecule has 25 heavy (non-hydrogen) atoms. The maximum atomic E-state index is 10.9. The molecule has 0 spiro atoms. The molecule has 0 aliphatic heterocycles. The average molecular weight is 335 g/mol. The van der Waals surface area contributed by atoms with Gasteiger partial charge in [-0.25, -0.2) is 0 Å². The first-order valence-electron chi connectivity index (χ1n) is 7.45. The molecule has 0 saturated carbocycles. The molecule has 3 aromatic rings. The van der Waals surface area contributed by atoms with E-state index >= 15 is 0 Å². The van der Waals surface area contributed by atoms with Crippen LogP contribution >= 0.6 is 0 Å². The molecule has 0 N–H and O–H groups in total. The Labute approximate surface area is 142 Å². The Morgan fingerprint density at radius 2 is 1.00 bits per heavy atom. The van der Waals surface area contributed by atoms with Crippen molar-refractivity contribution in [1.82, 2.24) is 4.98 Å². The lowest BCUT2D eigenvalue weighted by Crippen LogP contribution is -2.04. The van der Waals surface area contributed by atoms with E-state index in [0.717, 1.165) is 16.7 Å². The van der Waals surface area contributed by atoms with E-state index in [-0.39, 0.29) is 17.3 Å². The molecule has 0 radical (unpaired) electrons. The van der Waals surface area contributed by atoms with Crippen LogP contribution in [0, 0.1) is 20.2 Å². The Morgan fingerprint density at radius 1 is 0.640 bits per heavy atom. The standard InChI is InChI=1S/C18H13N3O4/c22-20(23)16-5-1-13(2-6-16)18(15-9-11-19-12-10-15)14-3-7-17(8-4-14)21(24)25/h1-12,18H. The van der Waals surface area contributed by atoms with E-state index in [9.17, 15) is 20.2 Å². The molecule has 0 bridgehead atoms. The first-order chi connectivity index (χ1) is 12.1. The highest BCUT2D eigenvalue weighted by atomic mass is 16.6. The molecule has 0 saturated heterocycles. The van der Waals surface area contributed by atoms with Gasteiger partial charge in [0.05, 0.1) is 9.85 Å². The van der Waals surface area contributed by atoms with Gasteiger partial charge >= 0.3 is 0 Å². The van der Waals surface area contributed by atoms with E-state index in [1.807, 2.05) is 12.1 Å². The molecular weight excluding hydrogens is 322 g/mol. The minimum absolute atomic E-state index is 0.0147. The topological polar surface area (TPSA) is 99.2 Å². The van der Waals surface area contributed by atoms with E-state index in [1.54, 1.807) is 36.7 Å². The first kappa shape index (κ1) is 16.3. The molecular formula is C18H13N3O4. The van der Waals surface area contributed by atoms with E-state index in [1.165, 1.54) is 24.3 Å². The zero-order valence-electron chi connectivity index (χ0n) is 13.0. The van der Waals surface area contributed by atoms with E-state index < -0.39 is 9.85 Å². The fourth-order valence-corrected chi connectivity index (χ4v) is 2.71. The predicted molar refractivity (Wildman–Crippen MR) is 91.4 cm³/mol. The molecule has 0 amide bonds. The molecule has 2 aromatic carbocycles. The highest BCUT2D eigenvalue weighted by molar-refractivity contribution is 5.47. The summed E-state index contributed by atoms with van der Waals surface area (Å²) in [5, 5.41) is 21.7. The van der Waals surface area contributed by atoms with Crippen LogP contribution in [0.15, 0.2) is 73.1 Å². The molecule has 0 aliphatic carbocycles.